The van der Waals surface area contributed by atoms with Gasteiger partial charge in [0, 0.05) is 17.5 Å². The summed E-state index contributed by atoms with van der Waals surface area (Å²) in [6.45, 7) is 4.60. The molecule has 1 fully saturated rings. The lowest BCUT2D eigenvalue weighted by Crippen LogP contribution is -2.44. The van der Waals surface area contributed by atoms with Crippen molar-refractivity contribution >= 4 is 34.9 Å². The number of carbonyl (C=O) groups is 2. The van der Waals surface area contributed by atoms with Crippen LogP contribution in [0.1, 0.15) is 42.2 Å². The minimum absolute atomic E-state index is 0.114. The molecule has 0 saturated carbocycles. The highest BCUT2D eigenvalue weighted by molar-refractivity contribution is 7.11. The summed E-state index contributed by atoms with van der Waals surface area (Å²) < 4.78 is 5.40. The van der Waals surface area contributed by atoms with Crippen molar-refractivity contribution in [3.8, 4) is 0 Å². The molecule has 1 atom stereocenters. The molecule has 1 amide bonds. The van der Waals surface area contributed by atoms with Crippen molar-refractivity contribution in [3.63, 3.8) is 0 Å². The molecule has 2 heterocycles. The number of ether oxygens (including phenoxy) is 1. The molecule has 0 unspecified atom stereocenters. The lowest BCUT2D eigenvalue weighted by molar-refractivity contribution is -0.149. The first kappa shape index (κ1) is 19.4. The largest absolute Gasteiger partial charge is 0.452 e. The van der Waals surface area contributed by atoms with Gasteiger partial charge < -0.3 is 9.64 Å². The predicted molar refractivity (Wildman–Crippen MR) is 109 cm³/mol. The van der Waals surface area contributed by atoms with Gasteiger partial charge in [0.15, 0.2) is 6.61 Å². The van der Waals surface area contributed by atoms with Crippen molar-refractivity contribution in [1.82, 2.24) is 4.90 Å². The number of thiophene rings is 1. The van der Waals surface area contributed by atoms with E-state index < -0.39 is 5.97 Å². The summed E-state index contributed by atoms with van der Waals surface area (Å²) in [6.07, 6.45) is 4.99. The highest BCUT2D eigenvalue weighted by Crippen LogP contribution is 2.25. The fourth-order valence-corrected chi connectivity index (χ4v) is 4.08. The van der Waals surface area contributed by atoms with Crippen LogP contribution in [0.4, 0.5) is 0 Å². The maximum Gasteiger partial charge on any atom is 0.340 e. The molecule has 1 aromatic heterocycles. The molecule has 2 aromatic rings. The van der Waals surface area contributed by atoms with Gasteiger partial charge in [0.25, 0.3) is 5.91 Å². The molecule has 142 valence electrons. The fourth-order valence-electron chi connectivity index (χ4n) is 3.35. The average Bonchev–Trinajstić information content (AvgIpc) is 3.19. The van der Waals surface area contributed by atoms with E-state index in [1.807, 2.05) is 66.6 Å². The van der Waals surface area contributed by atoms with E-state index >= 15 is 0 Å². The molecule has 0 spiro atoms. The summed E-state index contributed by atoms with van der Waals surface area (Å²) in [6, 6.07) is 11.9. The Morgan fingerprint density at radius 3 is 2.81 bits per heavy atom. The molecule has 1 aliphatic rings. The number of esters is 1. The Bertz CT molecular complexity index is 826. The average molecular weight is 384 g/mol. The molecule has 4 nitrogen and oxygen atoms in total. The van der Waals surface area contributed by atoms with Crippen molar-refractivity contribution < 1.29 is 14.3 Å². The molecule has 1 saturated heterocycles. The molecule has 1 aromatic carbocycles. The molecule has 0 bridgehead atoms. The number of nitrogens with zero attached hydrogens (tertiary/aromatic N) is 1. The number of likely N-dealkylation sites (tertiary alicyclic amines) is 1. The summed E-state index contributed by atoms with van der Waals surface area (Å²) in [7, 11) is 0. The normalized spacial score (nSPS) is 17.6. The Labute approximate surface area is 164 Å². The van der Waals surface area contributed by atoms with E-state index in [0.717, 1.165) is 41.8 Å². The van der Waals surface area contributed by atoms with Gasteiger partial charge in [0.05, 0.1) is 5.57 Å². The lowest BCUT2D eigenvalue weighted by Gasteiger charge is -2.33. The first-order valence-corrected chi connectivity index (χ1v) is 10.2. The first-order chi connectivity index (χ1) is 13.0. The van der Waals surface area contributed by atoms with Gasteiger partial charge in [0.2, 0.25) is 0 Å². The van der Waals surface area contributed by atoms with Crippen molar-refractivity contribution in [2.24, 2.45) is 0 Å². The monoisotopic (exact) mass is 383 g/mol. The fraction of sp³-hybridized carbons (Fsp3) is 0.364. The van der Waals surface area contributed by atoms with Crippen LogP contribution in [0.5, 0.6) is 0 Å². The molecule has 27 heavy (non-hydrogen) atoms. The Balaban J connectivity index is 1.73. The molecule has 0 aliphatic carbocycles. The molecule has 5 heteroatoms. The van der Waals surface area contributed by atoms with Gasteiger partial charge >= 0.3 is 5.97 Å². The quantitative estimate of drug-likeness (QED) is 0.562. The summed E-state index contributed by atoms with van der Waals surface area (Å²) in [5, 5.41) is 1.92. The SMILES string of the molecule is Cc1cccc(/C=C(/C(=O)OCC(=O)N2CCCC[C@@H]2C)c2cccs2)c1. The van der Waals surface area contributed by atoms with Gasteiger partial charge in [-0.2, -0.15) is 0 Å². The molecule has 0 radical (unpaired) electrons. The maximum absolute atomic E-state index is 12.7. The van der Waals surface area contributed by atoms with Crippen molar-refractivity contribution in [2.45, 2.75) is 39.2 Å². The molecule has 1 aliphatic heterocycles. The molecular weight excluding hydrogens is 358 g/mol. The zero-order valence-corrected chi connectivity index (χ0v) is 16.6. The van der Waals surface area contributed by atoms with Gasteiger partial charge in [-0.05, 0) is 56.2 Å². The van der Waals surface area contributed by atoms with E-state index in [2.05, 4.69) is 0 Å². The number of amides is 1. The van der Waals surface area contributed by atoms with Crippen LogP contribution in [-0.4, -0.2) is 36.0 Å². The number of hydrogen-bond donors (Lipinski definition) is 0. The Kier molecular flexibility index (Phi) is 6.45. The third kappa shape index (κ3) is 5.07. The van der Waals surface area contributed by atoms with Gasteiger partial charge in [-0.25, -0.2) is 4.79 Å². The van der Waals surface area contributed by atoms with Crippen molar-refractivity contribution in [3.05, 3.63) is 57.8 Å². The second-order valence-corrected chi connectivity index (χ2v) is 7.91. The van der Waals surface area contributed by atoms with Crippen LogP contribution < -0.4 is 0 Å². The van der Waals surface area contributed by atoms with Crippen LogP contribution in [0.3, 0.4) is 0 Å². The van der Waals surface area contributed by atoms with Crippen LogP contribution in [-0.2, 0) is 14.3 Å². The minimum Gasteiger partial charge on any atom is -0.452 e. The molecule has 0 N–H and O–H groups in total. The molecule has 3 rings (SSSR count). The summed E-state index contributed by atoms with van der Waals surface area (Å²) in [4.78, 5) is 27.9. The van der Waals surface area contributed by atoms with Crippen LogP contribution in [0.25, 0.3) is 11.6 Å². The topological polar surface area (TPSA) is 46.6 Å². The van der Waals surface area contributed by atoms with Crippen LogP contribution >= 0.6 is 11.3 Å². The van der Waals surface area contributed by atoms with Gasteiger partial charge in [-0.3, -0.25) is 4.79 Å². The second-order valence-electron chi connectivity index (χ2n) is 6.96. The summed E-state index contributed by atoms with van der Waals surface area (Å²) in [5.41, 5.74) is 2.54. The summed E-state index contributed by atoms with van der Waals surface area (Å²) in [5.74, 6) is -0.575. The third-order valence-corrected chi connectivity index (χ3v) is 5.71. The molecular formula is C22H25NO3S. The van der Waals surface area contributed by atoms with Crippen molar-refractivity contribution in [1.29, 1.82) is 0 Å². The van der Waals surface area contributed by atoms with Crippen LogP contribution in [0.15, 0.2) is 41.8 Å². The standard InChI is InChI=1S/C22H25NO3S/c1-16-7-5-9-18(13-16)14-19(20-10-6-12-27-20)22(25)26-15-21(24)23-11-4-3-8-17(23)2/h5-7,9-10,12-14,17H,3-4,8,11,15H2,1-2H3/b19-14+/t17-/m0/s1. The number of aryl methyl sites for hydroxylation is 1. The number of hydrogen-bond acceptors (Lipinski definition) is 4. The smallest absolute Gasteiger partial charge is 0.340 e. The minimum atomic E-state index is -0.461. The van der Waals surface area contributed by atoms with Crippen LogP contribution in [0, 0.1) is 6.92 Å². The highest BCUT2D eigenvalue weighted by atomic mass is 32.1. The maximum atomic E-state index is 12.7. The van der Waals surface area contributed by atoms with E-state index in [0.29, 0.717) is 5.57 Å². The van der Waals surface area contributed by atoms with E-state index in [-0.39, 0.29) is 18.6 Å². The van der Waals surface area contributed by atoms with Crippen LogP contribution in [0.2, 0.25) is 0 Å². The predicted octanol–water partition coefficient (Wildman–Crippen LogP) is 4.54. The van der Waals surface area contributed by atoms with Gasteiger partial charge in [-0.1, -0.05) is 35.9 Å². The Morgan fingerprint density at radius 2 is 2.11 bits per heavy atom. The van der Waals surface area contributed by atoms with E-state index in [9.17, 15) is 9.59 Å². The zero-order valence-electron chi connectivity index (χ0n) is 15.8. The Morgan fingerprint density at radius 1 is 1.26 bits per heavy atom. The van der Waals surface area contributed by atoms with Gasteiger partial charge in [0.1, 0.15) is 0 Å². The summed E-state index contributed by atoms with van der Waals surface area (Å²) >= 11 is 1.48. The first-order valence-electron chi connectivity index (χ1n) is 9.33. The van der Waals surface area contributed by atoms with Gasteiger partial charge in [-0.15, -0.1) is 11.3 Å². The van der Waals surface area contributed by atoms with Crippen molar-refractivity contribution in [2.75, 3.05) is 13.2 Å². The number of piperidine rings is 1. The number of rotatable bonds is 5. The number of carbonyl (C=O) groups excluding carboxylic acids is 2. The third-order valence-electron chi connectivity index (χ3n) is 4.81. The highest BCUT2D eigenvalue weighted by Gasteiger charge is 2.25. The number of benzene rings is 1. The Hall–Kier alpha value is -2.40. The van der Waals surface area contributed by atoms with E-state index in [1.165, 1.54) is 11.3 Å². The van der Waals surface area contributed by atoms with E-state index in [1.54, 1.807) is 0 Å². The lowest BCUT2D eigenvalue weighted by atomic mass is 10.0. The zero-order chi connectivity index (χ0) is 19.2. The second kappa shape index (κ2) is 9.00. The van der Waals surface area contributed by atoms with E-state index in [4.69, 9.17) is 4.74 Å².